The highest BCUT2D eigenvalue weighted by atomic mass is 16.3. The molecule has 2 aromatic heterocycles. The Morgan fingerprint density at radius 2 is 1.71 bits per heavy atom. The average molecular weight is 568 g/mol. The van der Waals surface area contributed by atoms with Gasteiger partial charge in [-0.25, -0.2) is 4.98 Å². The van der Waals surface area contributed by atoms with Gasteiger partial charge in [0.2, 0.25) is 5.91 Å². The van der Waals surface area contributed by atoms with Crippen LogP contribution in [-0.2, 0) is 24.2 Å². The molecule has 2 N–H and O–H groups in total. The Balaban J connectivity index is 0.00000198. The molecule has 42 heavy (non-hydrogen) atoms. The number of hydrogen-bond donors (Lipinski definition) is 2. The summed E-state index contributed by atoms with van der Waals surface area (Å²) >= 11 is 0. The van der Waals surface area contributed by atoms with Crippen molar-refractivity contribution in [1.82, 2.24) is 14.9 Å². The second kappa shape index (κ2) is 15.2. The number of unbranched alkanes of at least 4 members (excludes halogenated alkanes) is 1. The Kier molecular flexibility index (Phi) is 11.4. The summed E-state index contributed by atoms with van der Waals surface area (Å²) in [5.74, 6) is -0.110. The highest BCUT2D eigenvalue weighted by molar-refractivity contribution is 5.86. The van der Waals surface area contributed by atoms with Crippen molar-refractivity contribution in [2.24, 2.45) is 5.92 Å². The molecule has 5 heteroatoms. The molecule has 2 unspecified atom stereocenters. The van der Waals surface area contributed by atoms with Crippen LogP contribution in [0.15, 0.2) is 66.9 Å². The van der Waals surface area contributed by atoms with E-state index < -0.39 is 6.04 Å². The van der Waals surface area contributed by atoms with Crippen molar-refractivity contribution in [2.75, 3.05) is 6.61 Å². The second-order valence-electron chi connectivity index (χ2n) is 11.5. The summed E-state index contributed by atoms with van der Waals surface area (Å²) < 4.78 is 2.42. The van der Waals surface area contributed by atoms with Crippen LogP contribution in [-0.4, -0.2) is 27.2 Å². The summed E-state index contributed by atoms with van der Waals surface area (Å²) in [6.07, 6.45) is 9.81. The molecule has 0 saturated carbocycles. The number of aliphatic hydroxyl groups excluding tert-OH is 1. The third kappa shape index (κ3) is 6.95. The molecule has 0 aliphatic heterocycles. The van der Waals surface area contributed by atoms with Crippen molar-refractivity contribution < 1.29 is 9.90 Å². The van der Waals surface area contributed by atoms with Crippen LogP contribution in [0.25, 0.3) is 11.0 Å². The number of aromatic nitrogens is 2. The van der Waals surface area contributed by atoms with Crippen LogP contribution in [0.2, 0.25) is 0 Å². The Hall–Kier alpha value is -3.44. The van der Waals surface area contributed by atoms with Crippen LogP contribution >= 0.6 is 0 Å². The van der Waals surface area contributed by atoms with Gasteiger partial charge in [0.1, 0.15) is 5.65 Å². The highest BCUT2D eigenvalue weighted by Crippen LogP contribution is 2.34. The molecule has 3 atom stereocenters. The number of nitrogens with one attached hydrogen (secondary N) is 1. The number of carbonyl (C=O) groups is 1. The Bertz CT molecular complexity index is 1430. The van der Waals surface area contributed by atoms with E-state index in [4.69, 9.17) is 4.98 Å². The first-order valence-corrected chi connectivity index (χ1v) is 16.0. The minimum atomic E-state index is -0.419. The van der Waals surface area contributed by atoms with Crippen LogP contribution in [0.4, 0.5) is 0 Å². The number of fused-ring (bicyclic) bond motifs is 3. The van der Waals surface area contributed by atoms with Gasteiger partial charge in [-0.3, -0.25) is 4.79 Å². The third-order valence-corrected chi connectivity index (χ3v) is 8.71. The van der Waals surface area contributed by atoms with Crippen LogP contribution in [0.3, 0.4) is 0 Å². The lowest BCUT2D eigenvalue weighted by Crippen LogP contribution is -2.37. The standard InChI is InChI=1S/C35H43N3O2.C2H6/c1-4-5-11-24(2)32(35(40)37-30(23-39)27-12-7-6-8-13-27)28-18-16-26(17-19-28)22-38-31-15-10-9-14-29(31)33-25(3)20-21-36-34(33)38;1-2/h6-8,12-13,16-21,24,30,32,39H,4-5,9-11,14-15,22-23H2,1-3H3,(H,37,40);1-2H3/t24?,30-,32?;/m0./s1. The van der Waals surface area contributed by atoms with Crippen molar-refractivity contribution in [3.05, 3.63) is 100 Å². The maximum Gasteiger partial charge on any atom is 0.228 e. The lowest BCUT2D eigenvalue weighted by molar-refractivity contribution is -0.124. The average Bonchev–Trinajstić information content (AvgIpc) is 3.35. The molecule has 0 fully saturated rings. The maximum absolute atomic E-state index is 13.7. The fraction of sp³-hybridized carbons (Fsp3) is 0.459. The van der Waals surface area contributed by atoms with Gasteiger partial charge in [-0.05, 0) is 78.8 Å². The number of aryl methyl sites for hydroxylation is 2. The number of amides is 1. The minimum absolute atomic E-state index is 0.0237. The highest BCUT2D eigenvalue weighted by Gasteiger charge is 2.29. The molecule has 1 aliphatic carbocycles. The molecule has 4 aromatic rings. The summed E-state index contributed by atoms with van der Waals surface area (Å²) in [4.78, 5) is 18.6. The maximum atomic E-state index is 13.7. The van der Waals surface area contributed by atoms with Gasteiger partial charge in [0.05, 0.1) is 18.6 Å². The number of rotatable bonds is 11. The van der Waals surface area contributed by atoms with Crippen LogP contribution in [0.1, 0.15) is 105 Å². The predicted molar refractivity (Wildman–Crippen MR) is 174 cm³/mol. The van der Waals surface area contributed by atoms with Gasteiger partial charge >= 0.3 is 0 Å². The van der Waals surface area contributed by atoms with E-state index in [-0.39, 0.29) is 24.3 Å². The lowest BCUT2D eigenvalue weighted by Gasteiger charge is -2.27. The van der Waals surface area contributed by atoms with Gasteiger partial charge in [-0.15, -0.1) is 0 Å². The van der Waals surface area contributed by atoms with Crippen molar-refractivity contribution in [3.63, 3.8) is 0 Å². The number of pyridine rings is 1. The van der Waals surface area contributed by atoms with Crippen molar-refractivity contribution in [3.8, 4) is 0 Å². The molecule has 224 valence electrons. The number of benzene rings is 2. The van der Waals surface area contributed by atoms with Gasteiger partial charge in [0.15, 0.2) is 0 Å². The van der Waals surface area contributed by atoms with E-state index in [0.29, 0.717) is 0 Å². The fourth-order valence-electron chi connectivity index (χ4n) is 6.50. The first kappa shape index (κ1) is 31.5. The molecule has 0 spiro atoms. The van der Waals surface area contributed by atoms with E-state index in [1.807, 2.05) is 50.4 Å². The summed E-state index contributed by atoms with van der Waals surface area (Å²) in [6.45, 7) is 11.2. The van der Waals surface area contributed by atoms with Gasteiger partial charge in [-0.1, -0.05) is 95.1 Å². The topological polar surface area (TPSA) is 67.2 Å². The smallest absolute Gasteiger partial charge is 0.228 e. The second-order valence-corrected chi connectivity index (χ2v) is 11.5. The summed E-state index contributed by atoms with van der Waals surface area (Å²) in [5.41, 5.74) is 8.49. The number of aliphatic hydroxyl groups is 1. The monoisotopic (exact) mass is 567 g/mol. The molecule has 1 amide bonds. The minimum Gasteiger partial charge on any atom is -0.394 e. The summed E-state index contributed by atoms with van der Waals surface area (Å²) in [6, 6.07) is 20.1. The number of nitrogens with zero attached hydrogens (tertiary/aromatic N) is 2. The lowest BCUT2D eigenvalue weighted by atomic mass is 9.83. The molecular weight excluding hydrogens is 518 g/mol. The quantitative estimate of drug-likeness (QED) is 0.193. The van der Waals surface area contributed by atoms with Gasteiger partial charge in [0, 0.05) is 23.8 Å². The SMILES string of the molecule is CC.CCCCC(C)C(C(=O)N[C@@H](CO)c1ccccc1)c1ccc(Cn2c3c(c4c(C)ccnc42)CCCC3)cc1. The zero-order valence-corrected chi connectivity index (χ0v) is 26.2. The Morgan fingerprint density at radius 1 is 1.00 bits per heavy atom. The largest absolute Gasteiger partial charge is 0.394 e. The molecule has 0 radical (unpaired) electrons. The van der Waals surface area contributed by atoms with E-state index in [1.165, 1.54) is 40.6 Å². The fourth-order valence-corrected chi connectivity index (χ4v) is 6.50. The van der Waals surface area contributed by atoms with Crippen LogP contribution < -0.4 is 5.32 Å². The van der Waals surface area contributed by atoms with E-state index in [9.17, 15) is 9.90 Å². The molecule has 5 rings (SSSR count). The molecular formula is C37H49N3O2. The van der Waals surface area contributed by atoms with Gasteiger partial charge < -0.3 is 15.0 Å². The predicted octanol–water partition coefficient (Wildman–Crippen LogP) is 8.06. The number of carbonyl (C=O) groups excluding carboxylic acids is 1. The molecule has 2 aromatic carbocycles. The zero-order valence-electron chi connectivity index (χ0n) is 26.2. The molecule has 0 bridgehead atoms. The van der Waals surface area contributed by atoms with E-state index >= 15 is 0 Å². The van der Waals surface area contributed by atoms with Gasteiger partial charge in [0.25, 0.3) is 0 Å². The Morgan fingerprint density at radius 3 is 2.40 bits per heavy atom. The van der Waals surface area contributed by atoms with E-state index in [0.717, 1.165) is 55.4 Å². The molecule has 2 heterocycles. The molecule has 0 saturated heterocycles. The van der Waals surface area contributed by atoms with Crippen molar-refractivity contribution >= 4 is 16.9 Å². The van der Waals surface area contributed by atoms with Gasteiger partial charge in [-0.2, -0.15) is 0 Å². The zero-order chi connectivity index (χ0) is 30.1. The molecule has 1 aliphatic rings. The van der Waals surface area contributed by atoms with Crippen LogP contribution in [0, 0.1) is 12.8 Å². The first-order chi connectivity index (χ1) is 20.5. The first-order valence-electron chi connectivity index (χ1n) is 16.0. The Labute approximate surface area is 252 Å². The van der Waals surface area contributed by atoms with E-state index in [2.05, 4.69) is 61.0 Å². The van der Waals surface area contributed by atoms with E-state index in [1.54, 1.807) is 0 Å². The normalized spacial score (nSPS) is 14.8. The number of hydrogen-bond acceptors (Lipinski definition) is 3. The third-order valence-electron chi connectivity index (χ3n) is 8.71. The molecule has 5 nitrogen and oxygen atoms in total. The summed E-state index contributed by atoms with van der Waals surface area (Å²) in [7, 11) is 0. The summed E-state index contributed by atoms with van der Waals surface area (Å²) in [5, 5.41) is 14.6. The van der Waals surface area contributed by atoms with Crippen molar-refractivity contribution in [2.45, 2.75) is 98.1 Å². The van der Waals surface area contributed by atoms with Crippen molar-refractivity contribution in [1.29, 1.82) is 0 Å². The van der Waals surface area contributed by atoms with Crippen LogP contribution in [0.5, 0.6) is 0 Å².